The monoisotopic (exact) mass is 245 g/mol. The van der Waals surface area contributed by atoms with Crippen LogP contribution in [0.4, 0.5) is 0 Å². The van der Waals surface area contributed by atoms with Gasteiger partial charge in [-0.25, -0.2) is 0 Å². The molecule has 0 aliphatic carbocycles. The van der Waals surface area contributed by atoms with Gasteiger partial charge in [-0.05, 0) is 18.2 Å². The molecular formula is C14H19N3O. The van der Waals surface area contributed by atoms with Gasteiger partial charge in [-0.3, -0.25) is 14.7 Å². The summed E-state index contributed by atoms with van der Waals surface area (Å²) in [6, 6.07) is 5.99. The lowest BCUT2D eigenvalue weighted by molar-refractivity contribution is -0.130. The number of amides is 1. The molecule has 0 N–H and O–H groups in total. The summed E-state index contributed by atoms with van der Waals surface area (Å²) in [5, 5.41) is 0. The number of rotatable bonds is 3. The maximum Gasteiger partial charge on any atom is 0.219 e. The Bertz CT molecular complexity index is 436. The van der Waals surface area contributed by atoms with Crippen molar-refractivity contribution in [1.29, 1.82) is 0 Å². The molecule has 0 unspecified atom stereocenters. The Morgan fingerprint density at radius 1 is 1.39 bits per heavy atom. The fraction of sp³-hybridized carbons (Fsp3) is 0.429. The molecule has 4 nitrogen and oxygen atoms in total. The van der Waals surface area contributed by atoms with Gasteiger partial charge in [-0.1, -0.05) is 12.6 Å². The van der Waals surface area contributed by atoms with Crippen LogP contribution in [0.2, 0.25) is 0 Å². The van der Waals surface area contributed by atoms with E-state index < -0.39 is 0 Å². The standard InChI is InChI=1S/C14H19N3O/c1-3-13-5-4-6-14(15-13)11-16-7-9-17(10-8-16)12(2)18/h3-6H,1,7-11H2,2H3. The van der Waals surface area contributed by atoms with Crippen molar-refractivity contribution in [3.8, 4) is 0 Å². The molecule has 4 heteroatoms. The Hall–Kier alpha value is -1.68. The second-order valence-corrected chi connectivity index (χ2v) is 4.54. The lowest BCUT2D eigenvalue weighted by Gasteiger charge is -2.33. The molecule has 1 aromatic heterocycles. The van der Waals surface area contributed by atoms with Crippen LogP contribution in [0.15, 0.2) is 24.8 Å². The molecule has 0 radical (unpaired) electrons. The number of pyridine rings is 1. The van der Waals surface area contributed by atoms with Gasteiger partial charge in [0, 0.05) is 39.6 Å². The number of nitrogens with zero attached hydrogens (tertiary/aromatic N) is 3. The van der Waals surface area contributed by atoms with Gasteiger partial charge in [0.05, 0.1) is 11.4 Å². The normalized spacial score (nSPS) is 16.6. The van der Waals surface area contributed by atoms with Crippen molar-refractivity contribution in [2.75, 3.05) is 26.2 Å². The molecule has 0 spiro atoms. The molecule has 96 valence electrons. The van der Waals surface area contributed by atoms with Gasteiger partial charge in [0.2, 0.25) is 5.91 Å². The fourth-order valence-electron chi connectivity index (χ4n) is 2.15. The van der Waals surface area contributed by atoms with Gasteiger partial charge >= 0.3 is 0 Å². The SMILES string of the molecule is C=Cc1cccc(CN2CCN(C(C)=O)CC2)n1. The van der Waals surface area contributed by atoms with E-state index in [1.54, 1.807) is 13.0 Å². The van der Waals surface area contributed by atoms with Crippen molar-refractivity contribution in [3.63, 3.8) is 0 Å². The third-order valence-electron chi connectivity index (χ3n) is 3.24. The van der Waals surface area contributed by atoms with Crippen LogP contribution in [-0.2, 0) is 11.3 Å². The Morgan fingerprint density at radius 3 is 2.72 bits per heavy atom. The number of carbonyl (C=O) groups is 1. The summed E-state index contributed by atoms with van der Waals surface area (Å²) in [5.74, 6) is 0.168. The van der Waals surface area contributed by atoms with Crippen LogP contribution in [0, 0.1) is 0 Å². The highest BCUT2D eigenvalue weighted by Crippen LogP contribution is 2.08. The maximum absolute atomic E-state index is 11.2. The quantitative estimate of drug-likeness (QED) is 0.807. The van der Waals surface area contributed by atoms with Crippen molar-refractivity contribution >= 4 is 12.0 Å². The molecular weight excluding hydrogens is 226 g/mol. The first-order valence-corrected chi connectivity index (χ1v) is 6.25. The van der Waals surface area contributed by atoms with Crippen LogP contribution in [0.1, 0.15) is 18.3 Å². The molecule has 0 bridgehead atoms. The molecule has 1 fully saturated rings. The van der Waals surface area contributed by atoms with E-state index in [-0.39, 0.29) is 5.91 Å². The molecule has 18 heavy (non-hydrogen) atoms. The van der Waals surface area contributed by atoms with Gasteiger partial charge in [-0.2, -0.15) is 0 Å². The highest BCUT2D eigenvalue weighted by Gasteiger charge is 2.18. The minimum Gasteiger partial charge on any atom is -0.340 e. The van der Waals surface area contributed by atoms with Crippen molar-refractivity contribution in [2.24, 2.45) is 0 Å². The predicted octanol–water partition coefficient (Wildman–Crippen LogP) is 1.39. The van der Waals surface area contributed by atoms with Crippen LogP contribution in [0.3, 0.4) is 0 Å². The molecule has 1 aromatic rings. The molecule has 1 amide bonds. The van der Waals surface area contributed by atoms with Crippen LogP contribution in [0.25, 0.3) is 6.08 Å². The second kappa shape index (κ2) is 5.78. The number of aromatic nitrogens is 1. The van der Waals surface area contributed by atoms with Crippen molar-refractivity contribution < 1.29 is 4.79 Å². The molecule has 1 saturated heterocycles. The van der Waals surface area contributed by atoms with E-state index in [0.717, 1.165) is 44.1 Å². The van der Waals surface area contributed by atoms with Crippen LogP contribution >= 0.6 is 0 Å². The Labute approximate surface area is 108 Å². The Morgan fingerprint density at radius 2 is 2.11 bits per heavy atom. The predicted molar refractivity (Wildman–Crippen MR) is 71.9 cm³/mol. The average molecular weight is 245 g/mol. The van der Waals surface area contributed by atoms with E-state index in [0.29, 0.717) is 0 Å². The first-order chi connectivity index (χ1) is 8.69. The number of hydrogen-bond donors (Lipinski definition) is 0. The summed E-state index contributed by atoms with van der Waals surface area (Å²) in [4.78, 5) is 20.0. The zero-order chi connectivity index (χ0) is 13.0. The molecule has 0 aromatic carbocycles. The van der Waals surface area contributed by atoms with E-state index in [1.165, 1.54) is 0 Å². The summed E-state index contributed by atoms with van der Waals surface area (Å²) in [6.07, 6.45) is 1.76. The number of hydrogen-bond acceptors (Lipinski definition) is 3. The first kappa shape index (κ1) is 12.8. The lowest BCUT2D eigenvalue weighted by atomic mass is 10.2. The van der Waals surface area contributed by atoms with E-state index in [4.69, 9.17) is 0 Å². The highest BCUT2D eigenvalue weighted by molar-refractivity contribution is 5.73. The maximum atomic E-state index is 11.2. The third kappa shape index (κ3) is 3.17. The molecule has 1 aliphatic rings. The average Bonchev–Trinajstić information content (AvgIpc) is 2.39. The van der Waals surface area contributed by atoms with Crippen LogP contribution in [-0.4, -0.2) is 46.9 Å². The molecule has 0 atom stereocenters. The molecule has 0 saturated carbocycles. The zero-order valence-electron chi connectivity index (χ0n) is 10.8. The fourth-order valence-corrected chi connectivity index (χ4v) is 2.15. The minimum absolute atomic E-state index is 0.168. The van der Waals surface area contributed by atoms with E-state index in [2.05, 4.69) is 16.5 Å². The lowest BCUT2D eigenvalue weighted by Crippen LogP contribution is -2.47. The molecule has 1 aliphatic heterocycles. The summed E-state index contributed by atoms with van der Waals surface area (Å²) in [7, 11) is 0. The van der Waals surface area contributed by atoms with Crippen molar-refractivity contribution in [2.45, 2.75) is 13.5 Å². The largest absolute Gasteiger partial charge is 0.340 e. The molecule has 2 rings (SSSR count). The minimum atomic E-state index is 0.168. The Kier molecular flexibility index (Phi) is 4.10. The van der Waals surface area contributed by atoms with E-state index in [9.17, 15) is 4.79 Å². The summed E-state index contributed by atoms with van der Waals surface area (Å²) in [5.41, 5.74) is 1.97. The second-order valence-electron chi connectivity index (χ2n) is 4.54. The summed E-state index contributed by atoms with van der Waals surface area (Å²) >= 11 is 0. The summed E-state index contributed by atoms with van der Waals surface area (Å²) in [6.45, 7) is 9.66. The van der Waals surface area contributed by atoms with Gasteiger partial charge in [0.1, 0.15) is 0 Å². The van der Waals surface area contributed by atoms with Crippen LogP contribution in [0.5, 0.6) is 0 Å². The van der Waals surface area contributed by atoms with Crippen molar-refractivity contribution in [1.82, 2.24) is 14.8 Å². The van der Waals surface area contributed by atoms with E-state index in [1.807, 2.05) is 23.1 Å². The van der Waals surface area contributed by atoms with E-state index >= 15 is 0 Å². The number of carbonyl (C=O) groups excluding carboxylic acids is 1. The van der Waals surface area contributed by atoms with Gasteiger partial charge in [-0.15, -0.1) is 0 Å². The van der Waals surface area contributed by atoms with Gasteiger partial charge in [0.25, 0.3) is 0 Å². The smallest absolute Gasteiger partial charge is 0.219 e. The highest BCUT2D eigenvalue weighted by atomic mass is 16.2. The molecule has 2 heterocycles. The number of piperazine rings is 1. The third-order valence-corrected chi connectivity index (χ3v) is 3.24. The summed E-state index contributed by atoms with van der Waals surface area (Å²) < 4.78 is 0. The van der Waals surface area contributed by atoms with Crippen molar-refractivity contribution in [3.05, 3.63) is 36.2 Å². The first-order valence-electron chi connectivity index (χ1n) is 6.25. The zero-order valence-corrected chi connectivity index (χ0v) is 10.8. The van der Waals surface area contributed by atoms with Crippen LogP contribution < -0.4 is 0 Å². The topological polar surface area (TPSA) is 36.4 Å². The van der Waals surface area contributed by atoms with Gasteiger partial charge < -0.3 is 4.90 Å². The van der Waals surface area contributed by atoms with Gasteiger partial charge in [0.15, 0.2) is 0 Å². The Balaban J connectivity index is 1.91.